The molecule has 0 unspecified atom stereocenters. The first-order chi connectivity index (χ1) is 16.0. The van der Waals surface area contributed by atoms with Crippen molar-refractivity contribution in [3.05, 3.63) is 48.0 Å². The second-order valence-corrected chi connectivity index (χ2v) is 9.88. The van der Waals surface area contributed by atoms with Gasteiger partial charge in [-0.05, 0) is 88.1 Å². The van der Waals surface area contributed by atoms with Crippen LogP contribution >= 0.6 is 7.75 Å². The standard InChI is InChI=1S/C25H30N3O4P/c1-4-30-21-14-15-24-22(16-21)23(17-26)25(28(24)20-8-7-9-20)18-10-12-19(13-11-18)27-33(29,31-5-2)32-6-3/h10-16,20H,4-9H2,1-3H3,(H,27,29)/p+1. The topological polar surface area (TPSA) is 90.1 Å². The van der Waals surface area contributed by atoms with Crippen molar-refractivity contribution in [2.75, 3.05) is 19.8 Å². The molecule has 3 aromatic rings. The van der Waals surface area contributed by atoms with E-state index in [2.05, 4.69) is 16.7 Å². The lowest BCUT2D eigenvalue weighted by atomic mass is 9.92. The highest BCUT2D eigenvalue weighted by Crippen LogP contribution is 2.43. The fourth-order valence-electron chi connectivity index (χ4n) is 4.35. The Balaban J connectivity index is 1.77. The van der Waals surface area contributed by atoms with E-state index in [0.29, 0.717) is 31.4 Å². The van der Waals surface area contributed by atoms with E-state index in [0.717, 1.165) is 46.4 Å². The van der Waals surface area contributed by atoms with E-state index in [1.807, 2.05) is 43.3 Å². The first kappa shape index (κ1) is 23.5. The molecule has 1 aliphatic rings. The highest BCUT2D eigenvalue weighted by atomic mass is 31.2. The Morgan fingerprint density at radius 3 is 2.30 bits per heavy atom. The summed E-state index contributed by atoms with van der Waals surface area (Å²) in [7, 11) is -3.30. The van der Waals surface area contributed by atoms with E-state index in [1.165, 1.54) is 6.42 Å². The van der Waals surface area contributed by atoms with Gasteiger partial charge in [-0.15, -0.1) is 0 Å². The van der Waals surface area contributed by atoms with Crippen LogP contribution in [0.3, 0.4) is 0 Å². The van der Waals surface area contributed by atoms with Gasteiger partial charge in [0.05, 0.1) is 36.6 Å². The lowest BCUT2D eigenvalue weighted by Crippen LogP contribution is -2.73. The van der Waals surface area contributed by atoms with Crippen LogP contribution in [0.4, 0.5) is 5.69 Å². The predicted molar refractivity (Wildman–Crippen MR) is 129 cm³/mol. The Bertz CT molecular complexity index is 1200. The quantitative estimate of drug-likeness (QED) is 0.305. The molecular formula is C25H31N3O4P+. The zero-order chi connectivity index (χ0) is 23.4. The maximum absolute atomic E-state index is 12.9. The third kappa shape index (κ3) is 4.71. The van der Waals surface area contributed by atoms with Gasteiger partial charge in [-0.1, -0.05) is 0 Å². The molecule has 0 bridgehead atoms. The molecule has 1 saturated carbocycles. The molecule has 0 aliphatic heterocycles. The maximum Gasteiger partial charge on any atom is 0.533 e. The molecule has 2 aromatic carbocycles. The van der Waals surface area contributed by atoms with Gasteiger partial charge in [0.25, 0.3) is 0 Å². The van der Waals surface area contributed by atoms with Crippen molar-refractivity contribution in [1.82, 2.24) is 4.57 Å². The summed E-state index contributed by atoms with van der Waals surface area (Å²) >= 11 is 0. The van der Waals surface area contributed by atoms with Crippen molar-refractivity contribution in [2.24, 2.45) is 0 Å². The summed E-state index contributed by atoms with van der Waals surface area (Å²) in [6.45, 7) is 6.74. The molecule has 1 fully saturated rings. The molecule has 0 radical (unpaired) electrons. The van der Waals surface area contributed by atoms with Gasteiger partial charge in [-0.2, -0.15) is 5.26 Å². The van der Waals surface area contributed by atoms with Gasteiger partial charge >= 0.3 is 7.75 Å². The third-order valence-electron chi connectivity index (χ3n) is 5.95. The summed E-state index contributed by atoms with van der Waals surface area (Å²) in [4.78, 5) is 0. The number of nitriles is 1. The van der Waals surface area contributed by atoms with Gasteiger partial charge in [0, 0.05) is 11.4 Å². The molecule has 8 heteroatoms. The van der Waals surface area contributed by atoms with Gasteiger partial charge in [-0.25, -0.2) is 9.65 Å². The summed E-state index contributed by atoms with van der Waals surface area (Å²) in [6.07, 6.45) is 3.40. The fourth-order valence-corrected chi connectivity index (χ4v) is 5.83. The average Bonchev–Trinajstić information content (AvgIpc) is 3.07. The first-order valence-electron chi connectivity index (χ1n) is 11.6. The average molecular weight is 469 g/mol. The van der Waals surface area contributed by atoms with Crippen LogP contribution in [0.25, 0.3) is 22.2 Å². The van der Waals surface area contributed by atoms with Gasteiger partial charge < -0.3 is 9.30 Å². The molecule has 1 heterocycles. The number of fused-ring (bicyclic) bond motifs is 1. The summed E-state index contributed by atoms with van der Waals surface area (Å²) in [5.74, 6) is 0.770. The van der Waals surface area contributed by atoms with Crippen molar-refractivity contribution in [2.45, 2.75) is 46.1 Å². The van der Waals surface area contributed by atoms with E-state index < -0.39 is 7.75 Å². The second kappa shape index (κ2) is 10.1. The van der Waals surface area contributed by atoms with Crippen LogP contribution in [0, 0.1) is 11.3 Å². The molecule has 33 heavy (non-hydrogen) atoms. The Hall–Kier alpha value is -2.62. The highest BCUT2D eigenvalue weighted by Gasteiger charge is 2.31. The first-order valence-corrected chi connectivity index (χ1v) is 13.2. The largest absolute Gasteiger partial charge is 0.533 e. The lowest BCUT2D eigenvalue weighted by molar-refractivity contribution is -0.434. The Morgan fingerprint density at radius 1 is 1.06 bits per heavy atom. The van der Waals surface area contributed by atoms with Crippen LogP contribution in [0.5, 0.6) is 5.75 Å². The molecular weight excluding hydrogens is 437 g/mol. The number of benzene rings is 2. The smallest absolute Gasteiger partial charge is 0.494 e. The highest BCUT2D eigenvalue weighted by molar-refractivity contribution is 7.46. The fraction of sp³-hybridized carbons (Fsp3) is 0.400. The van der Waals surface area contributed by atoms with Gasteiger partial charge in [0.15, 0.2) is 0 Å². The number of ether oxygens (including phenoxy) is 1. The molecule has 0 amide bonds. The number of hydrogen-bond acceptors (Lipinski definition) is 5. The molecule has 7 nitrogen and oxygen atoms in total. The van der Waals surface area contributed by atoms with Crippen LogP contribution in [0.2, 0.25) is 0 Å². The molecule has 174 valence electrons. The zero-order valence-corrected chi connectivity index (χ0v) is 20.3. The predicted octanol–water partition coefficient (Wildman–Crippen LogP) is 5.68. The number of nitrogens with zero attached hydrogens (tertiary/aromatic N) is 2. The summed E-state index contributed by atoms with van der Waals surface area (Å²) in [5, 5.41) is 12.6. The summed E-state index contributed by atoms with van der Waals surface area (Å²) in [5.41, 5.74) is 4.35. The van der Waals surface area contributed by atoms with Crippen LogP contribution in [-0.2, 0) is 13.6 Å². The van der Waals surface area contributed by atoms with E-state index in [1.54, 1.807) is 18.9 Å². The Kier molecular flexibility index (Phi) is 7.21. The Labute approximate surface area is 194 Å². The van der Waals surface area contributed by atoms with Crippen molar-refractivity contribution in [1.29, 1.82) is 5.26 Å². The van der Waals surface area contributed by atoms with E-state index in [4.69, 9.17) is 13.8 Å². The summed E-state index contributed by atoms with van der Waals surface area (Å²) in [6, 6.07) is 16.6. The molecule has 0 atom stereocenters. The minimum Gasteiger partial charge on any atom is -0.494 e. The van der Waals surface area contributed by atoms with Crippen molar-refractivity contribution in [3.8, 4) is 23.1 Å². The van der Waals surface area contributed by atoms with E-state index in [9.17, 15) is 9.83 Å². The van der Waals surface area contributed by atoms with Crippen LogP contribution in [-0.4, -0.2) is 24.4 Å². The number of rotatable bonds is 10. The lowest BCUT2D eigenvalue weighted by Gasteiger charge is -2.30. The van der Waals surface area contributed by atoms with Crippen molar-refractivity contribution in [3.63, 3.8) is 0 Å². The maximum atomic E-state index is 12.9. The second-order valence-electron chi connectivity index (χ2n) is 8.03. The van der Waals surface area contributed by atoms with Crippen molar-refractivity contribution >= 4 is 24.3 Å². The molecule has 2 N–H and O–H groups in total. The number of hydrogen-bond donors (Lipinski definition) is 1. The minimum absolute atomic E-state index is 0.308. The summed E-state index contributed by atoms with van der Waals surface area (Å²) < 4.78 is 31.7. The van der Waals surface area contributed by atoms with Gasteiger partial charge in [0.1, 0.15) is 17.5 Å². The van der Waals surface area contributed by atoms with E-state index in [-0.39, 0.29) is 0 Å². The van der Waals surface area contributed by atoms with Crippen LogP contribution in [0.1, 0.15) is 51.6 Å². The van der Waals surface area contributed by atoms with Crippen LogP contribution < -0.4 is 9.82 Å². The SMILES string of the molecule is CCOc1ccc2c(c1)c(C#N)c(-c1ccc([NH2+]P(=O)(OCC)OCC)cc1)n2C1CCC1. The number of quaternary nitrogens is 1. The molecule has 4 rings (SSSR count). The third-order valence-corrected chi connectivity index (χ3v) is 7.80. The van der Waals surface area contributed by atoms with Gasteiger partial charge in [0.2, 0.25) is 0 Å². The zero-order valence-electron chi connectivity index (χ0n) is 19.4. The monoisotopic (exact) mass is 468 g/mol. The van der Waals surface area contributed by atoms with E-state index >= 15 is 0 Å². The van der Waals surface area contributed by atoms with Gasteiger partial charge in [-0.3, -0.25) is 9.05 Å². The number of nitrogens with two attached hydrogens (primary N) is 1. The normalized spacial score (nSPS) is 14.2. The molecule has 1 aliphatic carbocycles. The number of aromatic nitrogens is 1. The van der Waals surface area contributed by atoms with Crippen LogP contribution in [0.15, 0.2) is 42.5 Å². The molecule has 0 spiro atoms. The molecule has 0 saturated heterocycles. The Morgan fingerprint density at radius 2 is 1.76 bits per heavy atom. The minimum atomic E-state index is -3.30. The molecule has 1 aromatic heterocycles. The van der Waals surface area contributed by atoms with Crippen molar-refractivity contribution < 1.29 is 23.4 Å².